The lowest BCUT2D eigenvalue weighted by Gasteiger charge is -2.19. The van der Waals surface area contributed by atoms with Crippen molar-refractivity contribution in [1.82, 2.24) is 4.90 Å². The van der Waals surface area contributed by atoms with E-state index in [1.54, 1.807) is 29.2 Å². The molecule has 0 bridgehead atoms. The van der Waals surface area contributed by atoms with Crippen LogP contribution in [0.2, 0.25) is 0 Å². The molecule has 1 aromatic rings. The molecule has 1 unspecified atom stereocenters. The van der Waals surface area contributed by atoms with E-state index in [4.69, 9.17) is 5.11 Å². The largest absolute Gasteiger partial charge is 0.481 e. The number of nitrogens with zero attached hydrogens (tertiary/aromatic N) is 1. The summed E-state index contributed by atoms with van der Waals surface area (Å²) in [5.41, 5.74) is 0.866. The van der Waals surface area contributed by atoms with Gasteiger partial charge in [0.25, 0.3) is 5.91 Å². The first-order valence-electron chi connectivity index (χ1n) is 6.83. The van der Waals surface area contributed by atoms with Gasteiger partial charge in [0.05, 0.1) is 0 Å². The van der Waals surface area contributed by atoms with E-state index in [0.717, 1.165) is 0 Å². The van der Waals surface area contributed by atoms with E-state index in [0.29, 0.717) is 24.3 Å². The Morgan fingerprint density at radius 2 is 1.86 bits per heavy atom. The fourth-order valence-electron chi connectivity index (χ4n) is 1.79. The molecular formula is C15H20N2O4. The zero-order valence-corrected chi connectivity index (χ0v) is 12.4. The Morgan fingerprint density at radius 1 is 1.24 bits per heavy atom. The standard InChI is InChI=1S/C15H20N2O4/c1-4-17(5-2)14(19)11-7-6-8-12(9-11)16-13(18)10(3)15(20)21/h6-10H,4-5H2,1-3H3,(H,16,18)(H,20,21). The maximum atomic E-state index is 12.2. The molecule has 0 saturated heterocycles. The molecule has 114 valence electrons. The van der Waals surface area contributed by atoms with Crippen molar-refractivity contribution in [2.45, 2.75) is 20.8 Å². The van der Waals surface area contributed by atoms with Crippen molar-refractivity contribution in [3.63, 3.8) is 0 Å². The lowest BCUT2D eigenvalue weighted by Crippen LogP contribution is -2.30. The average Bonchev–Trinajstić information content (AvgIpc) is 2.47. The Labute approximate surface area is 123 Å². The molecular weight excluding hydrogens is 272 g/mol. The smallest absolute Gasteiger partial charge is 0.315 e. The fraction of sp³-hybridized carbons (Fsp3) is 0.400. The quantitative estimate of drug-likeness (QED) is 0.783. The zero-order valence-electron chi connectivity index (χ0n) is 12.4. The predicted octanol–water partition coefficient (Wildman–Crippen LogP) is 1.83. The van der Waals surface area contributed by atoms with Gasteiger partial charge in [-0.1, -0.05) is 6.07 Å². The normalized spacial score (nSPS) is 11.6. The Morgan fingerprint density at radius 3 is 2.38 bits per heavy atom. The van der Waals surface area contributed by atoms with Crippen molar-refractivity contribution in [2.75, 3.05) is 18.4 Å². The molecule has 0 radical (unpaired) electrons. The van der Waals surface area contributed by atoms with Crippen LogP contribution in [0.3, 0.4) is 0 Å². The molecule has 2 amide bonds. The summed E-state index contributed by atoms with van der Waals surface area (Å²) in [6, 6.07) is 6.48. The number of amides is 2. The minimum atomic E-state index is -1.19. The van der Waals surface area contributed by atoms with Crippen LogP contribution in [0.15, 0.2) is 24.3 Å². The minimum absolute atomic E-state index is 0.123. The number of carbonyl (C=O) groups excluding carboxylic acids is 2. The fourth-order valence-corrected chi connectivity index (χ4v) is 1.79. The van der Waals surface area contributed by atoms with E-state index in [-0.39, 0.29) is 5.91 Å². The second-order valence-electron chi connectivity index (χ2n) is 4.61. The second-order valence-corrected chi connectivity index (χ2v) is 4.61. The molecule has 0 spiro atoms. The zero-order chi connectivity index (χ0) is 16.0. The molecule has 0 aliphatic rings. The SMILES string of the molecule is CCN(CC)C(=O)c1cccc(NC(=O)C(C)C(=O)O)c1. The Balaban J connectivity index is 2.88. The predicted molar refractivity (Wildman–Crippen MR) is 79.1 cm³/mol. The Bertz CT molecular complexity index is 538. The van der Waals surface area contributed by atoms with Gasteiger partial charge in [-0.05, 0) is 39.0 Å². The number of anilines is 1. The number of hydrogen-bond acceptors (Lipinski definition) is 3. The molecule has 0 aliphatic carbocycles. The van der Waals surface area contributed by atoms with Crippen LogP contribution in [0.1, 0.15) is 31.1 Å². The van der Waals surface area contributed by atoms with Gasteiger partial charge in [-0.15, -0.1) is 0 Å². The number of aliphatic carboxylic acids is 1. The van der Waals surface area contributed by atoms with Gasteiger partial charge < -0.3 is 15.3 Å². The number of carbonyl (C=O) groups is 3. The van der Waals surface area contributed by atoms with Crippen LogP contribution in [0.5, 0.6) is 0 Å². The molecule has 6 nitrogen and oxygen atoms in total. The summed E-state index contributed by atoms with van der Waals surface area (Å²) in [7, 11) is 0. The number of carboxylic acids is 1. The minimum Gasteiger partial charge on any atom is -0.481 e. The molecule has 21 heavy (non-hydrogen) atoms. The van der Waals surface area contributed by atoms with E-state index < -0.39 is 17.8 Å². The van der Waals surface area contributed by atoms with Crippen LogP contribution in [-0.2, 0) is 9.59 Å². The summed E-state index contributed by atoms with van der Waals surface area (Å²) < 4.78 is 0. The van der Waals surface area contributed by atoms with Crippen LogP contribution in [0.25, 0.3) is 0 Å². The monoisotopic (exact) mass is 292 g/mol. The van der Waals surface area contributed by atoms with Crippen molar-refractivity contribution in [1.29, 1.82) is 0 Å². The Hall–Kier alpha value is -2.37. The molecule has 0 aromatic heterocycles. The summed E-state index contributed by atoms with van der Waals surface area (Å²) in [5.74, 6) is -3.08. The number of nitrogens with one attached hydrogen (secondary N) is 1. The van der Waals surface area contributed by atoms with Crippen molar-refractivity contribution < 1.29 is 19.5 Å². The number of benzene rings is 1. The van der Waals surface area contributed by atoms with E-state index in [2.05, 4.69) is 5.32 Å². The Kier molecular flexibility index (Phi) is 5.90. The lowest BCUT2D eigenvalue weighted by atomic mass is 10.1. The highest BCUT2D eigenvalue weighted by Crippen LogP contribution is 2.14. The summed E-state index contributed by atoms with van der Waals surface area (Å²) in [6.45, 7) is 6.29. The number of rotatable bonds is 6. The third-order valence-corrected chi connectivity index (χ3v) is 3.19. The second kappa shape index (κ2) is 7.42. The van der Waals surface area contributed by atoms with E-state index in [1.807, 2.05) is 13.8 Å². The van der Waals surface area contributed by atoms with Gasteiger partial charge in [0.15, 0.2) is 0 Å². The van der Waals surface area contributed by atoms with Gasteiger partial charge in [0.2, 0.25) is 5.91 Å². The summed E-state index contributed by atoms with van der Waals surface area (Å²) >= 11 is 0. The third kappa shape index (κ3) is 4.30. The molecule has 0 heterocycles. The maximum Gasteiger partial charge on any atom is 0.315 e. The summed E-state index contributed by atoms with van der Waals surface area (Å²) in [6.07, 6.45) is 0. The highest BCUT2D eigenvalue weighted by molar-refractivity contribution is 6.04. The molecule has 0 fully saturated rings. The first-order chi connectivity index (χ1) is 9.90. The molecule has 6 heteroatoms. The van der Waals surface area contributed by atoms with Crippen molar-refractivity contribution in [3.8, 4) is 0 Å². The van der Waals surface area contributed by atoms with Gasteiger partial charge >= 0.3 is 5.97 Å². The number of carboxylic acid groups (broad SMARTS) is 1. The summed E-state index contributed by atoms with van der Waals surface area (Å²) in [4.78, 5) is 36.3. The van der Waals surface area contributed by atoms with Crippen molar-refractivity contribution in [2.24, 2.45) is 5.92 Å². The lowest BCUT2D eigenvalue weighted by molar-refractivity contribution is -0.144. The average molecular weight is 292 g/mol. The van der Waals surface area contributed by atoms with Crippen LogP contribution in [-0.4, -0.2) is 40.9 Å². The van der Waals surface area contributed by atoms with Gasteiger partial charge in [-0.25, -0.2) is 0 Å². The van der Waals surface area contributed by atoms with Gasteiger partial charge in [0, 0.05) is 24.3 Å². The van der Waals surface area contributed by atoms with Crippen LogP contribution >= 0.6 is 0 Å². The molecule has 1 atom stereocenters. The van der Waals surface area contributed by atoms with Crippen LogP contribution in [0, 0.1) is 5.92 Å². The maximum absolute atomic E-state index is 12.2. The van der Waals surface area contributed by atoms with Crippen molar-refractivity contribution >= 4 is 23.5 Å². The highest BCUT2D eigenvalue weighted by Gasteiger charge is 2.21. The van der Waals surface area contributed by atoms with E-state index in [1.165, 1.54) is 6.92 Å². The topological polar surface area (TPSA) is 86.7 Å². The van der Waals surface area contributed by atoms with Crippen LogP contribution < -0.4 is 5.32 Å². The highest BCUT2D eigenvalue weighted by atomic mass is 16.4. The molecule has 1 rings (SSSR count). The van der Waals surface area contributed by atoms with Gasteiger partial charge in [0.1, 0.15) is 5.92 Å². The molecule has 0 aliphatic heterocycles. The molecule has 2 N–H and O–H groups in total. The van der Waals surface area contributed by atoms with E-state index >= 15 is 0 Å². The first-order valence-corrected chi connectivity index (χ1v) is 6.83. The third-order valence-electron chi connectivity index (χ3n) is 3.19. The van der Waals surface area contributed by atoms with Crippen LogP contribution in [0.4, 0.5) is 5.69 Å². The molecule has 0 saturated carbocycles. The van der Waals surface area contributed by atoms with Gasteiger partial charge in [-0.3, -0.25) is 14.4 Å². The number of hydrogen-bond donors (Lipinski definition) is 2. The summed E-state index contributed by atoms with van der Waals surface area (Å²) in [5, 5.41) is 11.3. The molecule has 1 aromatic carbocycles. The first kappa shape index (κ1) is 16.7. The van der Waals surface area contributed by atoms with Gasteiger partial charge in [-0.2, -0.15) is 0 Å². The van der Waals surface area contributed by atoms with E-state index in [9.17, 15) is 14.4 Å². The van der Waals surface area contributed by atoms with Crippen molar-refractivity contribution in [3.05, 3.63) is 29.8 Å².